The average Bonchev–Trinajstić information content (AvgIpc) is 2.63. The number of aromatic nitrogens is 2. The number of ether oxygens (including phenoxy) is 1. The van der Waals surface area contributed by atoms with E-state index in [1.807, 2.05) is 4.90 Å². The zero-order valence-corrected chi connectivity index (χ0v) is 14.7. The molecule has 10 heteroatoms. The van der Waals surface area contributed by atoms with E-state index in [0.717, 1.165) is 37.1 Å². The first-order valence-corrected chi connectivity index (χ1v) is 9.41. The minimum atomic E-state index is -3.85. The second-order valence-electron chi connectivity index (χ2n) is 5.33. The topological polar surface area (TPSA) is 84.4 Å². The van der Waals surface area contributed by atoms with Crippen molar-refractivity contribution in [3.8, 4) is 0 Å². The van der Waals surface area contributed by atoms with E-state index >= 15 is 0 Å². The van der Waals surface area contributed by atoms with Gasteiger partial charge in [0.05, 0.1) is 29.7 Å². The van der Waals surface area contributed by atoms with Crippen molar-refractivity contribution in [2.24, 2.45) is 0 Å². The first kappa shape index (κ1) is 18.0. The van der Waals surface area contributed by atoms with Crippen LogP contribution in [0.25, 0.3) is 0 Å². The van der Waals surface area contributed by atoms with E-state index in [2.05, 4.69) is 14.7 Å². The summed E-state index contributed by atoms with van der Waals surface area (Å²) in [4.78, 5) is 10.4. The highest BCUT2D eigenvalue weighted by atomic mass is 35.5. The Balaban J connectivity index is 1.71. The van der Waals surface area contributed by atoms with E-state index in [0.29, 0.717) is 19.0 Å². The van der Waals surface area contributed by atoms with E-state index in [1.54, 1.807) is 12.3 Å². The number of rotatable bonds is 5. The zero-order chi connectivity index (χ0) is 17.9. The standard InChI is InChI=1S/C15H16ClFN4O3S/c16-12-9-11(1-2-13(12)17)25(22,23)19-10-14-18-4-3-15(20-14)21-5-7-24-8-6-21/h1-4,9,19H,5-8,10H2. The molecule has 0 spiro atoms. The van der Waals surface area contributed by atoms with E-state index in [4.69, 9.17) is 16.3 Å². The first-order valence-electron chi connectivity index (χ1n) is 7.55. The number of sulfonamides is 1. The Morgan fingerprint density at radius 1 is 1.28 bits per heavy atom. The summed E-state index contributed by atoms with van der Waals surface area (Å²) in [6, 6.07) is 4.98. The molecule has 1 saturated heterocycles. The van der Waals surface area contributed by atoms with Gasteiger partial charge in [-0.15, -0.1) is 0 Å². The van der Waals surface area contributed by atoms with Gasteiger partial charge in [-0.1, -0.05) is 11.6 Å². The maximum Gasteiger partial charge on any atom is 0.241 e. The molecule has 0 atom stereocenters. The molecule has 0 amide bonds. The number of anilines is 1. The molecule has 1 aromatic carbocycles. The van der Waals surface area contributed by atoms with Gasteiger partial charge in [0.1, 0.15) is 17.5 Å². The third kappa shape index (κ3) is 4.43. The van der Waals surface area contributed by atoms with Gasteiger partial charge in [-0.05, 0) is 24.3 Å². The van der Waals surface area contributed by atoms with Crippen molar-refractivity contribution in [3.63, 3.8) is 0 Å². The highest BCUT2D eigenvalue weighted by Gasteiger charge is 2.17. The number of halogens is 2. The summed E-state index contributed by atoms with van der Waals surface area (Å²) in [6.07, 6.45) is 1.58. The van der Waals surface area contributed by atoms with E-state index in [1.165, 1.54) is 0 Å². The molecule has 0 bridgehead atoms. The van der Waals surface area contributed by atoms with Gasteiger partial charge in [0.2, 0.25) is 10.0 Å². The van der Waals surface area contributed by atoms with Gasteiger partial charge in [-0.3, -0.25) is 0 Å². The van der Waals surface area contributed by atoms with Gasteiger partial charge in [-0.2, -0.15) is 0 Å². The van der Waals surface area contributed by atoms with Crippen LogP contribution < -0.4 is 9.62 Å². The fourth-order valence-corrected chi connectivity index (χ4v) is 3.58. The normalized spacial score (nSPS) is 15.4. The molecule has 3 rings (SSSR count). The maximum absolute atomic E-state index is 13.2. The quantitative estimate of drug-likeness (QED) is 0.840. The van der Waals surface area contributed by atoms with Crippen LogP contribution in [-0.4, -0.2) is 44.7 Å². The molecular weight excluding hydrogens is 371 g/mol. The van der Waals surface area contributed by atoms with Crippen molar-refractivity contribution in [3.05, 3.63) is 47.1 Å². The predicted octanol–water partition coefficient (Wildman–Crippen LogP) is 1.58. The lowest BCUT2D eigenvalue weighted by atomic mass is 10.3. The molecule has 0 saturated carbocycles. The van der Waals surface area contributed by atoms with Crippen molar-refractivity contribution in [2.75, 3.05) is 31.2 Å². The van der Waals surface area contributed by atoms with E-state index in [-0.39, 0.29) is 16.5 Å². The lowest BCUT2D eigenvalue weighted by molar-refractivity contribution is 0.122. The van der Waals surface area contributed by atoms with Crippen molar-refractivity contribution in [2.45, 2.75) is 11.4 Å². The molecule has 1 N–H and O–H groups in total. The smallest absolute Gasteiger partial charge is 0.241 e. The molecule has 2 heterocycles. The van der Waals surface area contributed by atoms with Gasteiger partial charge in [-0.25, -0.2) is 27.5 Å². The summed E-state index contributed by atoms with van der Waals surface area (Å²) in [6.45, 7) is 2.59. The largest absolute Gasteiger partial charge is 0.378 e. The van der Waals surface area contributed by atoms with Crippen LogP contribution in [0, 0.1) is 5.82 Å². The zero-order valence-electron chi connectivity index (χ0n) is 13.2. The molecule has 1 aromatic heterocycles. The number of benzene rings is 1. The summed E-state index contributed by atoms with van der Waals surface area (Å²) in [5.74, 6) is 0.375. The van der Waals surface area contributed by atoms with Crippen molar-refractivity contribution < 1.29 is 17.5 Å². The average molecular weight is 387 g/mol. The summed E-state index contributed by atoms with van der Waals surface area (Å²) < 4.78 is 45.4. The highest BCUT2D eigenvalue weighted by molar-refractivity contribution is 7.89. The fourth-order valence-electron chi connectivity index (χ4n) is 2.33. The number of nitrogens with one attached hydrogen (secondary N) is 1. The van der Waals surface area contributed by atoms with Gasteiger partial charge in [0.15, 0.2) is 0 Å². The molecule has 25 heavy (non-hydrogen) atoms. The SMILES string of the molecule is O=S(=O)(NCc1nccc(N2CCOCC2)n1)c1ccc(F)c(Cl)c1. The van der Waals surface area contributed by atoms with Crippen LogP contribution in [0.2, 0.25) is 5.02 Å². The fraction of sp³-hybridized carbons (Fsp3) is 0.333. The molecule has 134 valence electrons. The molecule has 1 fully saturated rings. The van der Waals surface area contributed by atoms with Crippen LogP contribution in [0.1, 0.15) is 5.82 Å². The Bertz CT molecular complexity index is 860. The molecule has 1 aliphatic rings. The minimum absolute atomic E-state index is 0.0878. The summed E-state index contributed by atoms with van der Waals surface area (Å²) in [5.41, 5.74) is 0. The Labute approximate surface area is 149 Å². The molecule has 0 unspecified atom stereocenters. The Morgan fingerprint density at radius 3 is 2.76 bits per heavy atom. The lowest BCUT2D eigenvalue weighted by Crippen LogP contribution is -2.37. The van der Waals surface area contributed by atoms with Crippen molar-refractivity contribution in [1.82, 2.24) is 14.7 Å². The van der Waals surface area contributed by atoms with E-state index in [9.17, 15) is 12.8 Å². The maximum atomic E-state index is 13.2. The Kier molecular flexibility index (Phi) is 5.48. The van der Waals surface area contributed by atoms with Crippen LogP contribution in [-0.2, 0) is 21.3 Å². The van der Waals surface area contributed by atoms with Gasteiger partial charge in [0, 0.05) is 19.3 Å². The predicted molar refractivity (Wildman–Crippen MR) is 90.5 cm³/mol. The van der Waals surface area contributed by atoms with Crippen molar-refractivity contribution >= 4 is 27.4 Å². The van der Waals surface area contributed by atoms with Crippen LogP contribution in [0.3, 0.4) is 0 Å². The van der Waals surface area contributed by atoms with Gasteiger partial charge >= 0.3 is 0 Å². The molecule has 0 radical (unpaired) electrons. The third-order valence-corrected chi connectivity index (χ3v) is 5.34. The second kappa shape index (κ2) is 7.61. The molecule has 7 nitrogen and oxygen atoms in total. The summed E-state index contributed by atoms with van der Waals surface area (Å²) in [5, 5.41) is -0.256. The van der Waals surface area contributed by atoms with Crippen LogP contribution in [0.15, 0.2) is 35.4 Å². The number of hydrogen-bond acceptors (Lipinski definition) is 6. The van der Waals surface area contributed by atoms with E-state index < -0.39 is 15.8 Å². The minimum Gasteiger partial charge on any atom is -0.378 e. The van der Waals surface area contributed by atoms with Crippen LogP contribution in [0.4, 0.5) is 10.2 Å². The Hall–Kier alpha value is -1.81. The molecule has 2 aromatic rings. The monoisotopic (exact) mass is 386 g/mol. The molecular formula is C15H16ClFN4O3S. The van der Waals surface area contributed by atoms with Gasteiger partial charge < -0.3 is 9.64 Å². The lowest BCUT2D eigenvalue weighted by Gasteiger charge is -2.27. The number of morpholine rings is 1. The Morgan fingerprint density at radius 2 is 2.04 bits per heavy atom. The summed E-state index contributed by atoms with van der Waals surface area (Å²) in [7, 11) is -3.85. The number of nitrogens with zero attached hydrogens (tertiary/aromatic N) is 3. The molecule has 1 aliphatic heterocycles. The van der Waals surface area contributed by atoms with Crippen LogP contribution in [0.5, 0.6) is 0 Å². The first-order chi connectivity index (χ1) is 12.0. The third-order valence-electron chi connectivity index (χ3n) is 3.65. The summed E-state index contributed by atoms with van der Waals surface area (Å²) >= 11 is 5.64. The van der Waals surface area contributed by atoms with Crippen LogP contribution >= 0.6 is 11.6 Å². The number of hydrogen-bond donors (Lipinski definition) is 1. The molecule has 0 aliphatic carbocycles. The van der Waals surface area contributed by atoms with Crippen molar-refractivity contribution in [1.29, 1.82) is 0 Å². The second-order valence-corrected chi connectivity index (χ2v) is 7.51. The highest BCUT2D eigenvalue weighted by Crippen LogP contribution is 2.19. The van der Waals surface area contributed by atoms with Gasteiger partial charge in [0.25, 0.3) is 0 Å².